The van der Waals surface area contributed by atoms with Crippen molar-refractivity contribution in [2.45, 2.75) is 27.3 Å². The van der Waals surface area contributed by atoms with Crippen LogP contribution in [0.15, 0.2) is 0 Å². The third-order valence-electron chi connectivity index (χ3n) is 1.44. The summed E-state index contributed by atoms with van der Waals surface area (Å²) < 4.78 is 11.1. The summed E-state index contributed by atoms with van der Waals surface area (Å²) in [5.74, 6) is 0. The molecule has 0 spiro atoms. The minimum atomic E-state index is -2.07. The fraction of sp³-hybridized carbons (Fsp3) is 0.875. The van der Waals surface area contributed by atoms with Crippen molar-refractivity contribution in [2.24, 2.45) is 0 Å². The number of hydrogen-bond acceptors (Lipinski definition) is 4. The molecule has 0 aliphatic rings. The van der Waals surface area contributed by atoms with Crippen LogP contribution >= 0.6 is 11.8 Å². The molecular weight excluding hydrogens is 204 g/mol. The van der Waals surface area contributed by atoms with Crippen molar-refractivity contribution in [1.29, 1.82) is 0 Å². The first-order valence-electron chi connectivity index (χ1n) is 4.45. The maximum absolute atomic E-state index is 10.8. The summed E-state index contributed by atoms with van der Waals surface area (Å²) in [6.45, 7) is 8.76. The van der Waals surface area contributed by atoms with Gasteiger partial charge in [-0.25, -0.2) is 0 Å². The monoisotopic (exact) mass is 222 g/mol. The molecule has 5 heteroatoms. The molecule has 0 aliphatic heterocycles. The standard InChI is InChI=1S/C8H18O3SSi/c1-5-10-13(4,11-6-2)7-12-8(3)9/h5-7H2,1-4H3. The van der Waals surface area contributed by atoms with Crippen LogP contribution in [0.5, 0.6) is 0 Å². The molecule has 0 saturated carbocycles. The van der Waals surface area contributed by atoms with Gasteiger partial charge in [0.25, 0.3) is 0 Å². The number of rotatable bonds is 6. The van der Waals surface area contributed by atoms with E-state index in [2.05, 4.69) is 0 Å². The Hall–Kier alpha value is 0.157. The van der Waals surface area contributed by atoms with Crippen LogP contribution in [0, 0.1) is 0 Å². The fourth-order valence-electron chi connectivity index (χ4n) is 0.968. The van der Waals surface area contributed by atoms with E-state index in [0.29, 0.717) is 18.6 Å². The zero-order valence-electron chi connectivity index (χ0n) is 8.75. The van der Waals surface area contributed by atoms with Crippen LogP contribution in [0.2, 0.25) is 6.55 Å². The Balaban J connectivity index is 3.98. The molecule has 0 radical (unpaired) electrons. The molecule has 0 aromatic carbocycles. The summed E-state index contributed by atoms with van der Waals surface area (Å²) in [6.07, 6.45) is 0. The smallest absolute Gasteiger partial charge is 0.345 e. The van der Waals surface area contributed by atoms with E-state index in [1.165, 1.54) is 11.8 Å². The second-order valence-corrected chi connectivity index (χ2v) is 7.64. The van der Waals surface area contributed by atoms with Gasteiger partial charge >= 0.3 is 8.56 Å². The maximum Gasteiger partial charge on any atom is 0.345 e. The molecule has 0 heterocycles. The summed E-state index contributed by atoms with van der Waals surface area (Å²) in [5.41, 5.74) is 0. The molecule has 78 valence electrons. The van der Waals surface area contributed by atoms with Crippen molar-refractivity contribution in [1.82, 2.24) is 0 Å². The van der Waals surface area contributed by atoms with Crippen molar-refractivity contribution in [3.63, 3.8) is 0 Å². The lowest BCUT2D eigenvalue weighted by Crippen LogP contribution is -2.42. The lowest BCUT2D eigenvalue weighted by molar-refractivity contribution is -0.109. The van der Waals surface area contributed by atoms with E-state index in [9.17, 15) is 4.79 Å². The van der Waals surface area contributed by atoms with Crippen LogP contribution in [0.3, 0.4) is 0 Å². The van der Waals surface area contributed by atoms with Crippen molar-refractivity contribution < 1.29 is 13.6 Å². The maximum atomic E-state index is 10.8. The quantitative estimate of drug-likeness (QED) is 0.644. The lowest BCUT2D eigenvalue weighted by atomic mass is 10.9. The van der Waals surface area contributed by atoms with E-state index in [-0.39, 0.29) is 5.12 Å². The van der Waals surface area contributed by atoms with Crippen LogP contribution < -0.4 is 0 Å². The SMILES string of the molecule is CCO[Si](C)(CSC(C)=O)OCC. The van der Waals surface area contributed by atoms with E-state index in [1.807, 2.05) is 20.4 Å². The second kappa shape index (κ2) is 6.59. The zero-order chi connectivity index (χ0) is 10.3. The Kier molecular flexibility index (Phi) is 6.67. The van der Waals surface area contributed by atoms with E-state index in [1.54, 1.807) is 6.92 Å². The summed E-state index contributed by atoms with van der Waals surface area (Å²) in [4.78, 5) is 10.8. The molecule has 0 bridgehead atoms. The van der Waals surface area contributed by atoms with E-state index in [4.69, 9.17) is 8.85 Å². The van der Waals surface area contributed by atoms with Gasteiger partial charge in [0.15, 0.2) is 5.12 Å². The van der Waals surface area contributed by atoms with Crippen LogP contribution in [-0.4, -0.2) is 32.3 Å². The van der Waals surface area contributed by atoms with Crippen molar-refractivity contribution in [3.8, 4) is 0 Å². The van der Waals surface area contributed by atoms with Crippen LogP contribution in [0.1, 0.15) is 20.8 Å². The van der Waals surface area contributed by atoms with Crippen LogP contribution in [-0.2, 0) is 13.6 Å². The van der Waals surface area contributed by atoms with Crippen molar-refractivity contribution in [3.05, 3.63) is 0 Å². The average Bonchev–Trinajstić information content (AvgIpc) is 2.02. The Morgan fingerprint density at radius 3 is 2.08 bits per heavy atom. The molecule has 0 N–H and O–H groups in total. The summed E-state index contributed by atoms with van der Waals surface area (Å²) in [7, 11) is -2.07. The highest BCUT2D eigenvalue weighted by Crippen LogP contribution is 2.15. The van der Waals surface area contributed by atoms with Gasteiger partial charge in [-0.1, -0.05) is 11.8 Å². The molecule has 13 heavy (non-hydrogen) atoms. The molecule has 0 fully saturated rings. The van der Waals surface area contributed by atoms with Gasteiger partial charge in [-0.15, -0.1) is 0 Å². The molecule has 0 aliphatic carbocycles. The highest BCUT2D eigenvalue weighted by Gasteiger charge is 2.31. The fourth-order valence-corrected chi connectivity index (χ4v) is 4.80. The Labute approximate surface area is 85.4 Å². The third kappa shape index (κ3) is 6.26. The zero-order valence-corrected chi connectivity index (χ0v) is 10.6. The predicted octanol–water partition coefficient (Wildman–Crippen LogP) is 1.95. The second-order valence-electron chi connectivity index (χ2n) is 2.78. The van der Waals surface area contributed by atoms with Gasteiger partial charge in [0.05, 0.1) is 0 Å². The third-order valence-corrected chi connectivity index (χ3v) is 6.32. The molecule has 3 nitrogen and oxygen atoms in total. The first kappa shape index (κ1) is 13.2. The molecule has 0 unspecified atom stereocenters. The van der Waals surface area contributed by atoms with Crippen molar-refractivity contribution in [2.75, 3.05) is 18.6 Å². The first-order valence-corrected chi connectivity index (χ1v) is 7.96. The number of thioether (sulfide) groups is 1. The highest BCUT2D eigenvalue weighted by atomic mass is 32.2. The first-order chi connectivity index (χ1) is 6.04. The van der Waals surface area contributed by atoms with Gasteiger partial charge in [-0.2, -0.15) is 0 Å². The van der Waals surface area contributed by atoms with Crippen LogP contribution in [0.25, 0.3) is 0 Å². The molecule has 0 saturated heterocycles. The lowest BCUT2D eigenvalue weighted by Gasteiger charge is -2.24. The average molecular weight is 222 g/mol. The van der Waals surface area contributed by atoms with Gasteiger partial charge in [-0.05, 0) is 20.4 Å². The predicted molar refractivity (Wildman–Crippen MR) is 58.0 cm³/mol. The Morgan fingerprint density at radius 1 is 1.31 bits per heavy atom. The van der Waals surface area contributed by atoms with Crippen LogP contribution in [0.4, 0.5) is 0 Å². The van der Waals surface area contributed by atoms with Gasteiger partial charge in [0.1, 0.15) is 0 Å². The summed E-state index contributed by atoms with van der Waals surface area (Å²) in [5, 5.41) is 0.808. The highest BCUT2D eigenvalue weighted by molar-refractivity contribution is 8.14. The number of hydrogen-bond donors (Lipinski definition) is 0. The van der Waals surface area contributed by atoms with Crippen molar-refractivity contribution >= 4 is 25.4 Å². The summed E-state index contributed by atoms with van der Waals surface area (Å²) in [6, 6.07) is 0. The minimum Gasteiger partial charge on any atom is -0.394 e. The molecule has 0 aromatic heterocycles. The van der Waals surface area contributed by atoms with Gasteiger partial charge in [0, 0.05) is 25.5 Å². The molecule has 0 rings (SSSR count). The largest absolute Gasteiger partial charge is 0.394 e. The molecular formula is C8H18O3SSi. The Bertz CT molecular complexity index is 157. The van der Waals surface area contributed by atoms with E-state index < -0.39 is 8.56 Å². The normalized spacial score (nSPS) is 11.7. The minimum absolute atomic E-state index is 0.123. The number of carbonyl (C=O) groups excluding carboxylic acids is 1. The Morgan fingerprint density at radius 2 is 1.77 bits per heavy atom. The number of carbonyl (C=O) groups is 1. The van der Waals surface area contributed by atoms with Gasteiger partial charge in [0.2, 0.25) is 0 Å². The topological polar surface area (TPSA) is 35.5 Å². The molecule has 0 aromatic rings. The van der Waals surface area contributed by atoms with E-state index >= 15 is 0 Å². The molecule has 0 amide bonds. The van der Waals surface area contributed by atoms with Gasteiger partial charge < -0.3 is 8.85 Å². The molecule has 0 atom stereocenters. The summed E-state index contributed by atoms with van der Waals surface area (Å²) >= 11 is 1.29. The van der Waals surface area contributed by atoms with E-state index in [0.717, 1.165) is 0 Å². The van der Waals surface area contributed by atoms with Gasteiger partial charge in [-0.3, -0.25) is 4.79 Å².